The van der Waals surface area contributed by atoms with E-state index >= 15 is 0 Å². The van der Waals surface area contributed by atoms with E-state index in [-0.39, 0.29) is 5.91 Å². The van der Waals surface area contributed by atoms with Gasteiger partial charge in [-0.25, -0.2) is 15.4 Å². The largest absolute Gasteiger partial charge is 0.343 e. The second kappa shape index (κ2) is 5.20. The molecule has 0 saturated heterocycles. The van der Waals surface area contributed by atoms with Crippen LogP contribution in [0.4, 0.5) is 5.95 Å². The Labute approximate surface area is 94.4 Å². The minimum atomic E-state index is -0.158. The fourth-order valence-electron chi connectivity index (χ4n) is 1.08. The van der Waals surface area contributed by atoms with Gasteiger partial charge in [-0.15, -0.1) is 0 Å². The van der Waals surface area contributed by atoms with Crippen molar-refractivity contribution in [3.63, 3.8) is 0 Å². The Morgan fingerprint density at radius 1 is 1.50 bits per heavy atom. The molecule has 16 heavy (non-hydrogen) atoms. The molecular weight excluding hydrogens is 206 g/mol. The van der Waals surface area contributed by atoms with Crippen molar-refractivity contribution >= 4 is 18.1 Å². The lowest BCUT2D eigenvalue weighted by Gasteiger charge is -2.10. The molecule has 0 fully saturated rings. The molecule has 1 heterocycles. The molecule has 1 N–H and O–H groups in total. The van der Waals surface area contributed by atoms with Crippen LogP contribution in [0.25, 0.3) is 0 Å². The highest BCUT2D eigenvalue weighted by molar-refractivity contribution is 5.92. The maximum absolute atomic E-state index is 11.7. The lowest BCUT2D eigenvalue weighted by atomic mass is 10.3. The van der Waals surface area contributed by atoms with Crippen molar-refractivity contribution in [1.82, 2.24) is 14.9 Å². The van der Waals surface area contributed by atoms with Crippen LogP contribution < -0.4 is 5.43 Å². The molecule has 0 atom stereocenters. The summed E-state index contributed by atoms with van der Waals surface area (Å²) in [7, 11) is 3.36. The van der Waals surface area contributed by atoms with Crippen LogP contribution in [0.15, 0.2) is 11.2 Å². The third kappa shape index (κ3) is 3.01. The van der Waals surface area contributed by atoms with E-state index in [9.17, 15) is 4.79 Å². The Morgan fingerprint density at radius 3 is 2.75 bits per heavy atom. The number of hydrogen-bond acceptors (Lipinski definition) is 5. The van der Waals surface area contributed by atoms with E-state index in [0.29, 0.717) is 17.3 Å². The van der Waals surface area contributed by atoms with Crippen molar-refractivity contribution in [1.29, 1.82) is 0 Å². The molecule has 1 amide bonds. The molecule has 0 aliphatic carbocycles. The average molecular weight is 221 g/mol. The Hall–Kier alpha value is -1.98. The second-order valence-corrected chi connectivity index (χ2v) is 3.42. The molecule has 6 heteroatoms. The maximum atomic E-state index is 11.7. The molecule has 1 aromatic heterocycles. The van der Waals surface area contributed by atoms with Gasteiger partial charge in [0, 0.05) is 26.0 Å². The predicted molar refractivity (Wildman–Crippen MR) is 62.6 cm³/mol. The summed E-state index contributed by atoms with van der Waals surface area (Å²) in [6.07, 6.45) is 1.58. The van der Waals surface area contributed by atoms with Crippen LogP contribution in [0.1, 0.15) is 23.1 Å². The van der Waals surface area contributed by atoms with Crippen molar-refractivity contribution in [2.45, 2.75) is 13.8 Å². The van der Waals surface area contributed by atoms with Crippen LogP contribution in [-0.2, 0) is 0 Å². The van der Waals surface area contributed by atoms with Gasteiger partial charge in [-0.2, -0.15) is 5.10 Å². The van der Waals surface area contributed by atoms with Crippen LogP contribution in [0, 0.1) is 6.92 Å². The predicted octanol–water partition coefficient (Wildman–Crippen LogP) is 0.904. The van der Waals surface area contributed by atoms with E-state index in [0.717, 1.165) is 0 Å². The fourth-order valence-corrected chi connectivity index (χ4v) is 1.08. The quantitative estimate of drug-likeness (QED) is 0.608. The second-order valence-electron chi connectivity index (χ2n) is 3.42. The monoisotopic (exact) mass is 221 g/mol. The molecule has 0 unspecified atom stereocenters. The molecule has 0 saturated carbocycles. The number of nitrogens with one attached hydrogen (secondary N) is 1. The topological polar surface area (TPSA) is 70.5 Å². The lowest BCUT2D eigenvalue weighted by Crippen LogP contribution is -2.23. The molecule has 0 aromatic carbocycles. The summed E-state index contributed by atoms with van der Waals surface area (Å²) in [5.74, 6) is 0.164. The number of anilines is 1. The summed E-state index contributed by atoms with van der Waals surface area (Å²) in [5, 5.41) is 3.80. The van der Waals surface area contributed by atoms with Gasteiger partial charge in [0.1, 0.15) is 5.69 Å². The van der Waals surface area contributed by atoms with E-state index < -0.39 is 0 Å². The molecule has 0 radical (unpaired) electrons. The Balaban J connectivity index is 3.02. The number of amides is 1. The SMILES string of the molecule is C/C=N/Nc1nc(C)cc(C(=O)N(C)C)n1. The van der Waals surface area contributed by atoms with Crippen LogP contribution in [0.5, 0.6) is 0 Å². The van der Waals surface area contributed by atoms with Gasteiger partial charge in [-0.3, -0.25) is 4.79 Å². The minimum Gasteiger partial charge on any atom is -0.343 e. The smallest absolute Gasteiger partial charge is 0.272 e. The average Bonchev–Trinajstić information content (AvgIpc) is 2.24. The molecule has 0 aliphatic rings. The summed E-state index contributed by atoms with van der Waals surface area (Å²) < 4.78 is 0. The third-order valence-corrected chi connectivity index (χ3v) is 1.77. The van der Waals surface area contributed by atoms with Crippen molar-refractivity contribution in [3.05, 3.63) is 17.5 Å². The molecule has 0 aliphatic heterocycles. The van der Waals surface area contributed by atoms with Gasteiger partial charge in [0.05, 0.1) is 0 Å². The highest BCUT2D eigenvalue weighted by Crippen LogP contribution is 2.06. The zero-order valence-electron chi connectivity index (χ0n) is 9.85. The van der Waals surface area contributed by atoms with E-state index in [1.54, 1.807) is 40.2 Å². The van der Waals surface area contributed by atoms with Gasteiger partial charge in [-0.05, 0) is 19.9 Å². The zero-order chi connectivity index (χ0) is 12.1. The van der Waals surface area contributed by atoms with Crippen molar-refractivity contribution in [2.24, 2.45) is 5.10 Å². The number of nitrogens with zero attached hydrogens (tertiary/aromatic N) is 4. The lowest BCUT2D eigenvalue weighted by molar-refractivity contribution is 0.0822. The first kappa shape index (κ1) is 12.1. The number of hydrazone groups is 1. The van der Waals surface area contributed by atoms with Crippen molar-refractivity contribution in [3.8, 4) is 0 Å². The first-order valence-electron chi connectivity index (χ1n) is 4.85. The number of rotatable bonds is 3. The van der Waals surface area contributed by atoms with Gasteiger partial charge in [0.2, 0.25) is 5.95 Å². The van der Waals surface area contributed by atoms with Gasteiger partial charge in [0.25, 0.3) is 5.91 Å². The first-order valence-corrected chi connectivity index (χ1v) is 4.85. The van der Waals surface area contributed by atoms with Crippen LogP contribution in [0.3, 0.4) is 0 Å². The van der Waals surface area contributed by atoms with E-state index in [1.165, 1.54) is 4.90 Å². The highest BCUT2D eigenvalue weighted by atomic mass is 16.2. The van der Waals surface area contributed by atoms with Gasteiger partial charge >= 0.3 is 0 Å². The molecule has 86 valence electrons. The van der Waals surface area contributed by atoms with E-state index in [4.69, 9.17) is 0 Å². The van der Waals surface area contributed by atoms with Gasteiger partial charge < -0.3 is 4.90 Å². The standard InChI is InChI=1S/C10H15N5O/c1-5-11-14-10-12-7(2)6-8(13-10)9(16)15(3)4/h5-6H,1-4H3,(H,12,13,14)/b11-5+. The van der Waals surface area contributed by atoms with Crippen LogP contribution in [0.2, 0.25) is 0 Å². The summed E-state index contributed by atoms with van der Waals surface area (Å²) in [6, 6.07) is 1.64. The summed E-state index contributed by atoms with van der Waals surface area (Å²) in [4.78, 5) is 21.3. The Kier molecular flexibility index (Phi) is 3.93. The Bertz CT molecular complexity index is 414. The molecular formula is C10H15N5O. The molecule has 1 aromatic rings. The minimum absolute atomic E-state index is 0.158. The number of hydrogen-bond donors (Lipinski definition) is 1. The fraction of sp³-hybridized carbons (Fsp3) is 0.400. The number of carbonyl (C=O) groups excluding carboxylic acids is 1. The normalized spacial score (nSPS) is 10.5. The van der Waals surface area contributed by atoms with Crippen molar-refractivity contribution < 1.29 is 4.79 Å². The number of aromatic nitrogens is 2. The molecule has 0 bridgehead atoms. The van der Waals surface area contributed by atoms with Crippen LogP contribution >= 0.6 is 0 Å². The summed E-state index contributed by atoms with van der Waals surface area (Å²) in [6.45, 7) is 3.57. The van der Waals surface area contributed by atoms with E-state index in [1.807, 2.05) is 0 Å². The van der Waals surface area contributed by atoms with Gasteiger partial charge in [0.15, 0.2) is 0 Å². The third-order valence-electron chi connectivity index (χ3n) is 1.77. The van der Waals surface area contributed by atoms with Crippen LogP contribution in [-0.4, -0.2) is 41.1 Å². The first-order chi connectivity index (χ1) is 7.54. The molecule has 6 nitrogen and oxygen atoms in total. The summed E-state index contributed by atoms with van der Waals surface area (Å²) in [5.41, 5.74) is 3.72. The highest BCUT2D eigenvalue weighted by Gasteiger charge is 2.11. The maximum Gasteiger partial charge on any atom is 0.272 e. The number of carbonyl (C=O) groups is 1. The van der Waals surface area contributed by atoms with Gasteiger partial charge in [-0.1, -0.05) is 0 Å². The molecule has 0 spiro atoms. The zero-order valence-corrected chi connectivity index (χ0v) is 9.85. The number of aryl methyl sites for hydroxylation is 1. The van der Waals surface area contributed by atoms with Crippen molar-refractivity contribution in [2.75, 3.05) is 19.5 Å². The summed E-state index contributed by atoms with van der Waals surface area (Å²) >= 11 is 0. The molecule has 1 rings (SSSR count). The van der Waals surface area contributed by atoms with E-state index in [2.05, 4.69) is 20.5 Å². The Morgan fingerprint density at radius 2 is 2.19 bits per heavy atom.